The summed E-state index contributed by atoms with van der Waals surface area (Å²) < 4.78 is 11.0. The molecule has 0 amide bonds. The van der Waals surface area contributed by atoms with Gasteiger partial charge in [-0.25, -0.2) is 0 Å². The number of allylic oxidation sites excluding steroid dienone is 2. The van der Waals surface area contributed by atoms with E-state index in [0.29, 0.717) is 10.9 Å². The van der Waals surface area contributed by atoms with Crippen molar-refractivity contribution in [2.45, 2.75) is 25.8 Å². The van der Waals surface area contributed by atoms with Crippen molar-refractivity contribution >= 4 is 34.6 Å². The summed E-state index contributed by atoms with van der Waals surface area (Å²) in [6, 6.07) is 13.7. The zero-order valence-electron chi connectivity index (χ0n) is 15.6. The number of anilines is 1. The fourth-order valence-corrected chi connectivity index (χ4v) is 3.93. The second-order valence-electron chi connectivity index (χ2n) is 7.16. The van der Waals surface area contributed by atoms with Crippen molar-refractivity contribution in [3.8, 4) is 11.5 Å². The molecular weight excluding hydrogens is 392 g/mol. The van der Waals surface area contributed by atoms with E-state index in [9.17, 15) is 0 Å². The topological polar surface area (TPSA) is 33.7 Å². The number of nitrogens with one attached hydrogen (secondary N) is 1. The first-order chi connectivity index (χ1) is 13.7. The summed E-state index contributed by atoms with van der Waals surface area (Å²) in [4.78, 5) is 2.24. The quantitative estimate of drug-likeness (QED) is 0.507. The zero-order chi connectivity index (χ0) is 19.3. The second kappa shape index (κ2) is 8.84. The molecule has 4 nitrogen and oxygen atoms in total. The predicted octanol–water partition coefficient (Wildman–Crippen LogP) is 5.62. The minimum atomic E-state index is 0.285. The average molecular weight is 415 g/mol. The Morgan fingerprint density at radius 1 is 1.11 bits per heavy atom. The summed E-state index contributed by atoms with van der Waals surface area (Å²) >= 11 is 11.8. The Morgan fingerprint density at radius 2 is 1.93 bits per heavy atom. The molecule has 4 rings (SSSR count). The van der Waals surface area contributed by atoms with E-state index in [0.717, 1.165) is 53.8 Å². The molecule has 146 valence electrons. The van der Waals surface area contributed by atoms with Gasteiger partial charge in [0.15, 0.2) is 16.6 Å². The van der Waals surface area contributed by atoms with Gasteiger partial charge in [0.05, 0.1) is 0 Å². The van der Waals surface area contributed by atoms with Crippen LogP contribution in [0.4, 0.5) is 5.69 Å². The Labute approximate surface area is 176 Å². The molecule has 1 aliphatic carbocycles. The molecule has 0 radical (unpaired) electrons. The Bertz CT molecular complexity index is 869. The molecule has 0 saturated heterocycles. The smallest absolute Gasteiger partial charge is 0.231 e. The fraction of sp³-hybridized carbons (Fsp3) is 0.318. The number of hydrogen-bond donors (Lipinski definition) is 1. The van der Waals surface area contributed by atoms with E-state index in [2.05, 4.69) is 28.4 Å². The first-order valence-electron chi connectivity index (χ1n) is 9.52. The average Bonchev–Trinajstić information content (AvgIpc) is 3.18. The van der Waals surface area contributed by atoms with Crippen molar-refractivity contribution in [1.82, 2.24) is 4.90 Å². The third-order valence-corrected chi connectivity index (χ3v) is 5.66. The van der Waals surface area contributed by atoms with Crippen LogP contribution in [-0.2, 0) is 6.54 Å². The second-order valence-corrected chi connectivity index (χ2v) is 7.98. The van der Waals surface area contributed by atoms with Gasteiger partial charge in [0.2, 0.25) is 6.79 Å². The van der Waals surface area contributed by atoms with Gasteiger partial charge in [-0.2, -0.15) is 0 Å². The summed E-state index contributed by atoms with van der Waals surface area (Å²) in [6.45, 7) is 1.92. The maximum Gasteiger partial charge on any atom is 0.231 e. The van der Waals surface area contributed by atoms with E-state index in [1.807, 2.05) is 36.4 Å². The Hall–Kier alpha value is -2.24. The predicted molar refractivity (Wildman–Crippen MR) is 117 cm³/mol. The number of nitrogens with zero attached hydrogens (tertiary/aromatic N) is 1. The lowest BCUT2D eigenvalue weighted by Crippen LogP contribution is -2.38. The SMILES string of the molecule is S=C(Nc1ccc(Cl)cc1)N(Cc1ccc2c(c1)OCO2)CC1CC=CCC1. The molecule has 1 aliphatic heterocycles. The first kappa shape index (κ1) is 19.1. The minimum absolute atomic E-state index is 0.285. The third kappa shape index (κ3) is 4.78. The molecular formula is C22H23ClN2O2S. The lowest BCUT2D eigenvalue weighted by Gasteiger charge is -2.31. The van der Waals surface area contributed by atoms with Gasteiger partial charge in [0, 0.05) is 23.8 Å². The van der Waals surface area contributed by atoms with Crippen LogP contribution in [0.2, 0.25) is 5.02 Å². The van der Waals surface area contributed by atoms with E-state index in [1.165, 1.54) is 6.42 Å². The van der Waals surface area contributed by atoms with Crippen molar-refractivity contribution < 1.29 is 9.47 Å². The number of rotatable bonds is 5. The van der Waals surface area contributed by atoms with Gasteiger partial charge >= 0.3 is 0 Å². The van der Waals surface area contributed by atoms with Gasteiger partial charge in [-0.1, -0.05) is 29.8 Å². The molecule has 2 aliphatic rings. The Balaban J connectivity index is 1.49. The Kier molecular flexibility index (Phi) is 6.03. The lowest BCUT2D eigenvalue weighted by atomic mass is 9.94. The monoisotopic (exact) mass is 414 g/mol. The molecule has 1 unspecified atom stereocenters. The first-order valence-corrected chi connectivity index (χ1v) is 10.3. The summed E-state index contributed by atoms with van der Waals surface area (Å²) in [5.74, 6) is 2.20. The summed E-state index contributed by atoms with van der Waals surface area (Å²) in [6.07, 6.45) is 7.98. The molecule has 2 aromatic rings. The van der Waals surface area contributed by atoms with Crippen LogP contribution in [0.1, 0.15) is 24.8 Å². The number of ether oxygens (including phenoxy) is 2. The van der Waals surface area contributed by atoms with Crippen molar-refractivity contribution in [2.75, 3.05) is 18.7 Å². The van der Waals surface area contributed by atoms with E-state index in [1.54, 1.807) is 0 Å². The maximum atomic E-state index is 5.99. The summed E-state index contributed by atoms with van der Waals surface area (Å²) in [5.41, 5.74) is 2.09. The van der Waals surface area contributed by atoms with Gasteiger partial charge in [-0.05, 0) is 79.4 Å². The van der Waals surface area contributed by atoms with Gasteiger partial charge < -0.3 is 19.7 Å². The van der Waals surface area contributed by atoms with Crippen molar-refractivity contribution in [1.29, 1.82) is 0 Å². The van der Waals surface area contributed by atoms with Crippen molar-refractivity contribution in [3.63, 3.8) is 0 Å². The van der Waals surface area contributed by atoms with Crippen LogP contribution >= 0.6 is 23.8 Å². The number of thiocarbonyl (C=S) groups is 1. The molecule has 0 spiro atoms. The number of fused-ring (bicyclic) bond motifs is 1. The van der Waals surface area contributed by atoms with Crippen molar-refractivity contribution in [2.24, 2.45) is 5.92 Å². The van der Waals surface area contributed by atoms with Crippen molar-refractivity contribution in [3.05, 3.63) is 65.2 Å². The van der Waals surface area contributed by atoms with Crippen LogP contribution in [-0.4, -0.2) is 23.4 Å². The van der Waals surface area contributed by atoms with Gasteiger partial charge in [-0.3, -0.25) is 0 Å². The highest BCUT2D eigenvalue weighted by molar-refractivity contribution is 7.80. The van der Waals surface area contributed by atoms with Gasteiger partial charge in [0.25, 0.3) is 0 Å². The molecule has 0 saturated carbocycles. The molecule has 28 heavy (non-hydrogen) atoms. The highest BCUT2D eigenvalue weighted by atomic mass is 35.5. The van der Waals surface area contributed by atoms with E-state index < -0.39 is 0 Å². The third-order valence-electron chi connectivity index (χ3n) is 5.05. The molecule has 2 aromatic carbocycles. The number of halogens is 1. The maximum absolute atomic E-state index is 5.99. The fourth-order valence-electron chi connectivity index (χ4n) is 3.55. The largest absolute Gasteiger partial charge is 0.454 e. The molecule has 1 heterocycles. The van der Waals surface area contributed by atoms with Crippen LogP contribution < -0.4 is 14.8 Å². The number of benzene rings is 2. The van der Waals surface area contributed by atoms with E-state index >= 15 is 0 Å². The Morgan fingerprint density at radius 3 is 2.71 bits per heavy atom. The van der Waals surface area contributed by atoms with E-state index in [4.69, 9.17) is 33.3 Å². The molecule has 1 N–H and O–H groups in total. The van der Waals surface area contributed by atoms with Crippen LogP contribution in [0.5, 0.6) is 11.5 Å². The summed E-state index contributed by atoms with van der Waals surface area (Å²) in [5, 5.41) is 4.78. The highest BCUT2D eigenvalue weighted by Crippen LogP contribution is 2.33. The van der Waals surface area contributed by atoms with Gasteiger partial charge in [0.1, 0.15) is 0 Å². The standard InChI is InChI=1S/C22H23ClN2O2S/c23-18-7-9-19(10-8-18)24-22(28)25(13-16-4-2-1-3-5-16)14-17-6-11-20-21(12-17)27-15-26-20/h1-2,6-12,16H,3-5,13-15H2,(H,24,28). The molecule has 6 heteroatoms. The molecule has 1 atom stereocenters. The number of hydrogen-bond acceptors (Lipinski definition) is 3. The molecule has 0 aromatic heterocycles. The molecule has 0 bridgehead atoms. The van der Waals surface area contributed by atoms with Crippen LogP contribution in [0.25, 0.3) is 0 Å². The molecule has 0 fully saturated rings. The minimum Gasteiger partial charge on any atom is -0.454 e. The van der Waals surface area contributed by atoms with E-state index in [-0.39, 0.29) is 6.79 Å². The van der Waals surface area contributed by atoms with Crippen LogP contribution in [0, 0.1) is 5.92 Å². The highest BCUT2D eigenvalue weighted by Gasteiger charge is 2.20. The van der Waals surface area contributed by atoms with Gasteiger partial charge in [-0.15, -0.1) is 0 Å². The summed E-state index contributed by atoms with van der Waals surface area (Å²) in [7, 11) is 0. The zero-order valence-corrected chi connectivity index (χ0v) is 17.1. The normalized spacial score (nSPS) is 17.4. The lowest BCUT2D eigenvalue weighted by molar-refractivity contribution is 0.174. The van der Waals surface area contributed by atoms with Crippen LogP contribution in [0.3, 0.4) is 0 Å². The van der Waals surface area contributed by atoms with Crippen LogP contribution in [0.15, 0.2) is 54.6 Å².